The van der Waals surface area contributed by atoms with Crippen molar-refractivity contribution in [2.45, 2.75) is 32.2 Å². The minimum Gasteiger partial charge on any atom is -0.337 e. The van der Waals surface area contributed by atoms with Crippen LogP contribution in [0.25, 0.3) is 0 Å². The molecule has 10 heavy (non-hydrogen) atoms. The van der Waals surface area contributed by atoms with Crippen LogP contribution in [0.2, 0.25) is 0 Å². The van der Waals surface area contributed by atoms with Crippen molar-refractivity contribution in [1.82, 2.24) is 0 Å². The Morgan fingerprint density at radius 1 is 1.80 bits per heavy atom. The molecule has 0 spiro atoms. The monoisotopic (exact) mass is 140 g/mol. The zero-order valence-corrected chi connectivity index (χ0v) is 6.39. The summed E-state index contributed by atoms with van der Waals surface area (Å²) >= 11 is 0. The lowest BCUT2D eigenvalue weighted by atomic mass is 10.3. The van der Waals surface area contributed by atoms with Crippen LogP contribution in [0.4, 0.5) is 0 Å². The first-order valence-corrected chi connectivity index (χ1v) is 3.49. The van der Waals surface area contributed by atoms with Crippen LogP contribution in [-0.2, 0) is 9.47 Å². The van der Waals surface area contributed by atoms with Gasteiger partial charge in [0.25, 0.3) is 0 Å². The Bertz CT molecular complexity index is 159. The van der Waals surface area contributed by atoms with Crippen LogP contribution in [0.5, 0.6) is 0 Å². The minimum atomic E-state index is -0.763. The normalized spacial score (nSPS) is 39.5. The van der Waals surface area contributed by atoms with Crippen LogP contribution in [0.3, 0.4) is 0 Å². The number of rotatable bonds is 1. The van der Waals surface area contributed by atoms with Gasteiger partial charge >= 0.3 is 0 Å². The molecule has 56 valence electrons. The SMILES string of the molecule is C#CC1(C)OCC(CC)O1. The van der Waals surface area contributed by atoms with Gasteiger partial charge in [0.15, 0.2) is 0 Å². The van der Waals surface area contributed by atoms with Crippen molar-refractivity contribution in [3.8, 4) is 12.3 Å². The van der Waals surface area contributed by atoms with Crippen molar-refractivity contribution in [2.75, 3.05) is 6.61 Å². The summed E-state index contributed by atoms with van der Waals surface area (Å²) in [5, 5.41) is 0. The van der Waals surface area contributed by atoms with E-state index in [9.17, 15) is 0 Å². The van der Waals surface area contributed by atoms with E-state index in [4.69, 9.17) is 15.9 Å². The third-order valence-corrected chi connectivity index (χ3v) is 1.65. The van der Waals surface area contributed by atoms with Gasteiger partial charge in [-0.2, -0.15) is 0 Å². The fraction of sp³-hybridized carbons (Fsp3) is 0.750. The van der Waals surface area contributed by atoms with Gasteiger partial charge in [-0.15, -0.1) is 6.42 Å². The quantitative estimate of drug-likeness (QED) is 0.509. The lowest BCUT2D eigenvalue weighted by Crippen LogP contribution is -2.23. The summed E-state index contributed by atoms with van der Waals surface area (Å²) in [7, 11) is 0. The van der Waals surface area contributed by atoms with Crippen LogP contribution < -0.4 is 0 Å². The smallest absolute Gasteiger partial charge is 0.230 e. The average molecular weight is 140 g/mol. The molecule has 1 aliphatic rings. The summed E-state index contributed by atoms with van der Waals surface area (Å²) in [5.74, 6) is 1.70. The molecule has 1 fully saturated rings. The molecule has 2 atom stereocenters. The third-order valence-electron chi connectivity index (χ3n) is 1.65. The molecule has 0 aromatic rings. The van der Waals surface area contributed by atoms with E-state index in [1.165, 1.54) is 0 Å². The van der Waals surface area contributed by atoms with Gasteiger partial charge < -0.3 is 9.47 Å². The summed E-state index contributed by atoms with van der Waals surface area (Å²) in [6, 6.07) is 0. The van der Waals surface area contributed by atoms with Gasteiger partial charge in [-0.1, -0.05) is 6.92 Å². The van der Waals surface area contributed by atoms with Crippen molar-refractivity contribution >= 4 is 0 Å². The molecule has 0 aromatic carbocycles. The lowest BCUT2D eigenvalue weighted by Gasteiger charge is -2.14. The molecule has 0 amide bonds. The molecule has 0 bridgehead atoms. The van der Waals surface area contributed by atoms with E-state index in [1.54, 1.807) is 6.92 Å². The molecular weight excluding hydrogens is 128 g/mol. The Labute approximate surface area is 61.5 Å². The molecular formula is C8H12O2. The van der Waals surface area contributed by atoms with Crippen molar-refractivity contribution < 1.29 is 9.47 Å². The Morgan fingerprint density at radius 3 is 2.80 bits per heavy atom. The molecule has 0 N–H and O–H groups in total. The van der Waals surface area contributed by atoms with E-state index in [-0.39, 0.29) is 6.10 Å². The molecule has 0 aliphatic carbocycles. The minimum absolute atomic E-state index is 0.182. The Balaban J connectivity index is 2.51. The highest BCUT2D eigenvalue weighted by Crippen LogP contribution is 2.23. The van der Waals surface area contributed by atoms with Gasteiger partial charge in [0.2, 0.25) is 5.79 Å². The van der Waals surface area contributed by atoms with Gasteiger partial charge in [0.05, 0.1) is 12.7 Å². The number of hydrogen-bond donors (Lipinski definition) is 0. The molecule has 0 saturated carbocycles. The molecule has 1 aliphatic heterocycles. The number of hydrogen-bond acceptors (Lipinski definition) is 2. The molecule has 0 aromatic heterocycles. The lowest BCUT2D eigenvalue weighted by molar-refractivity contribution is -0.105. The first-order chi connectivity index (χ1) is 4.70. The standard InChI is InChI=1S/C8H12O2/c1-4-7-6-9-8(3,5-2)10-7/h2,7H,4,6H2,1,3H3. The molecule has 2 unspecified atom stereocenters. The summed E-state index contributed by atoms with van der Waals surface area (Å²) in [6.07, 6.45) is 6.32. The second-order valence-electron chi connectivity index (χ2n) is 2.55. The van der Waals surface area contributed by atoms with Crippen molar-refractivity contribution in [1.29, 1.82) is 0 Å². The van der Waals surface area contributed by atoms with Crippen molar-refractivity contribution in [3.63, 3.8) is 0 Å². The number of terminal acetylenes is 1. The molecule has 2 nitrogen and oxygen atoms in total. The maximum Gasteiger partial charge on any atom is 0.230 e. The first-order valence-electron chi connectivity index (χ1n) is 3.49. The maximum atomic E-state index is 5.39. The maximum absolute atomic E-state index is 5.39. The van der Waals surface area contributed by atoms with E-state index in [0.29, 0.717) is 6.61 Å². The van der Waals surface area contributed by atoms with Gasteiger partial charge in [-0.25, -0.2) is 0 Å². The highest BCUT2D eigenvalue weighted by molar-refractivity contribution is 5.02. The second-order valence-corrected chi connectivity index (χ2v) is 2.55. The topological polar surface area (TPSA) is 18.5 Å². The van der Waals surface area contributed by atoms with E-state index >= 15 is 0 Å². The summed E-state index contributed by atoms with van der Waals surface area (Å²) in [4.78, 5) is 0. The van der Waals surface area contributed by atoms with Crippen molar-refractivity contribution in [2.24, 2.45) is 0 Å². The Morgan fingerprint density at radius 2 is 2.50 bits per heavy atom. The zero-order valence-electron chi connectivity index (χ0n) is 6.39. The Hall–Kier alpha value is -0.520. The van der Waals surface area contributed by atoms with Gasteiger partial charge in [0, 0.05) is 6.92 Å². The van der Waals surface area contributed by atoms with Gasteiger partial charge in [0.1, 0.15) is 0 Å². The molecule has 1 rings (SSSR count). The van der Waals surface area contributed by atoms with E-state index < -0.39 is 5.79 Å². The Kier molecular flexibility index (Phi) is 1.98. The predicted molar refractivity (Wildman–Crippen MR) is 38.4 cm³/mol. The van der Waals surface area contributed by atoms with Crippen LogP contribution >= 0.6 is 0 Å². The first kappa shape index (κ1) is 7.59. The number of ether oxygens (including phenoxy) is 2. The molecule has 0 radical (unpaired) electrons. The largest absolute Gasteiger partial charge is 0.337 e. The van der Waals surface area contributed by atoms with Crippen LogP contribution in [0, 0.1) is 12.3 Å². The zero-order chi connectivity index (χ0) is 7.61. The molecule has 1 saturated heterocycles. The van der Waals surface area contributed by atoms with Gasteiger partial charge in [-0.3, -0.25) is 0 Å². The van der Waals surface area contributed by atoms with Crippen LogP contribution in [-0.4, -0.2) is 18.5 Å². The molecule has 1 heterocycles. The van der Waals surface area contributed by atoms with Crippen LogP contribution in [0.1, 0.15) is 20.3 Å². The highest BCUT2D eigenvalue weighted by Gasteiger charge is 2.34. The van der Waals surface area contributed by atoms with E-state index in [0.717, 1.165) is 6.42 Å². The summed E-state index contributed by atoms with van der Waals surface area (Å²) in [5.41, 5.74) is 0. The van der Waals surface area contributed by atoms with Gasteiger partial charge in [-0.05, 0) is 12.3 Å². The molecule has 2 heteroatoms. The van der Waals surface area contributed by atoms with Crippen LogP contribution in [0.15, 0.2) is 0 Å². The van der Waals surface area contributed by atoms with E-state index in [2.05, 4.69) is 12.8 Å². The highest BCUT2D eigenvalue weighted by atomic mass is 16.7. The summed E-state index contributed by atoms with van der Waals surface area (Å²) in [6.45, 7) is 4.44. The fourth-order valence-corrected chi connectivity index (χ4v) is 0.915. The third kappa shape index (κ3) is 1.31. The van der Waals surface area contributed by atoms with E-state index in [1.807, 2.05) is 0 Å². The predicted octanol–water partition coefficient (Wildman–Crippen LogP) is 1.16. The fourth-order valence-electron chi connectivity index (χ4n) is 0.915. The average Bonchev–Trinajstić information content (AvgIpc) is 2.33. The second kappa shape index (κ2) is 2.61. The van der Waals surface area contributed by atoms with Crippen molar-refractivity contribution in [3.05, 3.63) is 0 Å². The summed E-state index contributed by atoms with van der Waals surface area (Å²) < 4.78 is 10.6.